The maximum absolute atomic E-state index is 8.38. The fraction of sp³-hybridized carbons (Fsp3) is 0.750. The number of aliphatic hydroxyl groups excluding tert-OH is 2. The molecule has 2 heteroatoms. The van der Waals surface area contributed by atoms with E-state index in [1.165, 1.54) is 0 Å². The Kier molecular flexibility index (Phi) is 10.7. The van der Waals surface area contributed by atoms with E-state index in [9.17, 15) is 0 Å². The number of hydrogen-bond donors (Lipinski definition) is 2. The second kappa shape index (κ2) is 8.66. The Balaban J connectivity index is 0. The van der Waals surface area contributed by atoms with Gasteiger partial charge in [0.2, 0.25) is 0 Å². The molecule has 0 aliphatic heterocycles. The van der Waals surface area contributed by atoms with E-state index < -0.39 is 12.2 Å². The largest absolute Gasteiger partial charge is 0.391 e. The van der Waals surface area contributed by atoms with Crippen molar-refractivity contribution in [3.63, 3.8) is 0 Å². The highest BCUT2D eigenvalue weighted by atomic mass is 16.3. The molecule has 0 saturated carbocycles. The van der Waals surface area contributed by atoms with Gasteiger partial charge in [-0.2, -0.15) is 0 Å². The number of hydrogen-bond acceptors (Lipinski definition) is 2. The molecule has 0 aromatic heterocycles. The van der Waals surface area contributed by atoms with Crippen molar-refractivity contribution in [2.45, 2.75) is 39.9 Å². The van der Waals surface area contributed by atoms with Crippen LogP contribution in [0.1, 0.15) is 27.7 Å². The molecule has 2 unspecified atom stereocenters. The van der Waals surface area contributed by atoms with Gasteiger partial charge in [0.15, 0.2) is 0 Å². The van der Waals surface area contributed by atoms with Crippen LogP contribution in [0.2, 0.25) is 0 Å². The summed E-state index contributed by atoms with van der Waals surface area (Å²) in [6, 6.07) is 0. The summed E-state index contributed by atoms with van der Waals surface area (Å²) in [5.41, 5.74) is 0. The third-order valence-electron chi connectivity index (χ3n) is 1.03. The Morgan fingerprint density at radius 3 is 1.10 bits per heavy atom. The van der Waals surface area contributed by atoms with Gasteiger partial charge in [-0.15, -0.1) is 0 Å². The highest BCUT2D eigenvalue weighted by molar-refractivity contribution is 4.68. The standard InChI is InChI=1S/C4H10O2.C4H8/c1-3(5)4(2)6;1-3-4-2/h3-6H,1-2H3;3-4H,1-2H3/b;4-3+. The molecule has 0 fully saturated rings. The number of aliphatic hydroxyl groups is 2. The van der Waals surface area contributed by atoms with Gasteiger partial charge < -0.3 is 10.2 Å². The molecule has 0 radical (unpaired) electrons. The molecule has 2 N–H and O–H groups in total. The average Bonchev–Trinajstić information content (AvgIpc) is 1.89. The summed E-state index contributed by atoms with van der Waals surface area (Å²) in [6.45, 7) is 7.09. The summed E-state index contributed by atoms with van der Waals surface area (Å²) < 4.78 is 0. The van der Waals surface area contributed by atoms with Crippen molar-refractivity contribution in [1.29, 1.82) is 0 Å². The average molecular weight is 146 g/mol. The maximum atomic E-state index is 8.38. The predicted molar refractivity (Wildman–Crippen MR) is 43.8 cm³/mol. The topological polar surface area (TPSA) is 40.5 Å². The molecule has 0 aromatic carbocycles. The Hall–Kier alpha value is -0.340. The molecule has 2 atom stereocenters. The van der Waals surface area contributed by atoms with Crippen molar-refractivity contribution in [2.75, 3.05) is 0 Å². The van der Waals surface area contributed by atoms with Gasteiger partial charge in [-0.05, 0) is 27.7 Å². The number of rotatable bonds is 1. The van der Waals surface area contributed by atoms with E-state index in [-0.39, 0.29) is 0 Å². The van der Waals surface area contributed by atoms with Crippen molar-refractivity contribution in [2.24, 2.45) is 0 Å². The first kappa shape index (κ1) is 12.3. The first-order chi connectivity index (χ1) is 4.56. The van der Waals surface area contributed by atoms with E-state index in [0.717, 1.165) is 0 Å². The molecule has 10 heavy (non-hydrogen) atoms. The maximum Gasteiger partial charge on any atom is 0.0768 e. The lowest BCUT2D eigenvalue weighted by atomic mass is 10.3. The second-order valence-corrected chi connectivity index (χ2v) is 2.15. The van der Waals surface area contributed by atoms with Gasteiger partial charge in [-0.1, -0.05) is 12.2 Å². The van der Waals surface area contributed by atoms with Crippen LogP contribution < -0.4 is 0 Å². The minimum Gasteiger partial charge on any atom is -0.391 e. The van der Waals surface area contributed by atoms with Crippen LogP contribution in [0.25, 0.3) is 0 Å². The Morgan fingerprint density at radius 1 is 0.900 bits per heavy atom. The van der Waals surface area contributed by atoms with E-state index in [2.05, 4.69) is 0 Å². The van der Waals surface area contributed by atoms with Crippen LogP contribution >= 0.6 is 0 Å². The highest BCUT2D eigenvalue weighted by Gasteiger charge is 1.99. The van der Waals surface area contributed by atoms with Crippen LogP contribution in [0, 0.1) is 0 Å². The van der Waals surface area contributed by atoms with Gasteiger partial charge >= 0.3 is 0 Å². The smallest absolute Gasteiger partial charge is 0.0768 e. The monoisotopic (exact) mass is 146 g/mol. The molecule has 0 aliphatic rings. The summed E-state index contributed by atoms with van der Waals surface area (Å²) >= 11 is 0. The number of allylic oxidation sites excluding steroid dienone is 2. The van der Waals surface area contributed by atoms with Gasteiger partial charge in [-0.3, -0.25) is 0 Å². The molecule has 0 bridgehead atoms. The Labute approximate surface area is 63.2 Å². The lowest BCUT2D eigenvalue weighted by molar-refractivity contribution is 0.0438. The van der Waals surface area contributed by atoms with Crippen LogP contribution in [0.3, 0.4) is 0 Å². The molecule has 0 aliphatic carbocycles. The Bertz CT molecular complexity index is 65.3. The first-order valence-electron chi connectivity index (χ1n) is 3.49. The molecule has 0 amide bonds. The third-order valence-corrected chi connectivity index (χ3v) is 1.03. The van der Waals surface area contributed by atoms with Crippen LogP contribution in [0.4, 0.5) is 0 Å². The van der Waals surface area contributed by atoms with Crippen molar-refractivity contribution in [3.05, 3.63) is 12.2 Å². The van der Waals surface area contributed by atoms with E-state index >= 15 is 0 Å². The van der Waals surface area contributed by atoms with E-state index in [1.807, 2.05) is 26.0 Å². The SMILES string of the molecule is C/C=C/C.CC(O)C(C)O. The first-order valence-corrected chi connectivity index (χ1v) is 3.49. The van der Waals surface area contributed by atoms with E-state index in [4.69, 9.17) is 10.2 Å². The molecule has 0 saturated heterocycles. The summed E-state index contributed by atoms with van der Waals surface area (Å²) in [6.07, 6.45) is 2.81. The molecule has 2 nitrogen and oxygen atoms in total. The molecular formula is C8H18O2. The van der Waals surface area contributed by atoms with Gasteiger partial charge in [-0.25, -0.2) is 0 Å². The Morgan fingerprint density at radius 2 is 1.10 bits per heavy atom. The van der Waals surface area contributed by atoms with Crippen molar-refractivity contribution in [1.82, 2.24) is 0 Å². The van der Waals surface area contributed by atoms with Gasteiger partial charge in [0.1, 0.15) is 0 Å². The van der Waals surface area contributed by atoms with Crippen LogP contribution in [0.5, 0.6) is 0 Å². The fourth-order valence-electron chi connectivity index (χ4n) is 0. The van der Waals surface area contributed by atoms with Crippen molar-refractivity contribution in [3.8, 4) is 0 Å². The van der Waals surface area contributed by atoms with Crippen LogP contribution in [-0.4, -0.2) is 22.4 Å². The van der Waals surface area contributed by atoms with E-state index in [1.54, 1.807) is 13.8 Å². The van der Waals surface area contributed by atoms with Crippen LogP contribution in [-0.2, 0) is 0 Å². The van der Waals surface area contributed by atoms with Gasteiger partial charge in [0.25, 0.3) is 0 Å². The molecule has 62 valence electrons. The summed E-state index contributed by atoms with van der Waals surface area (Å²) in [5, 5.41) is 16.8. The highest BCUT2D eigenvalue weighted by Crippen LogP contribution is 1.85. The minimum atomic E-state index is -0.593. The summed E-state index contributed by atoms with van der Waals surface area (Å²) in [5.74, 6) is 0. The lowest BCUT2D eigenvalue weighted by Gasteiger charge is -2.03. The third kappa shape index (κ3) is 15.6. The zero-order valence-corrected chi connectivity index (χ0v) is 7.20. The zero-order chi connectivity index (χ0) is 8.57. The molecule has 0 rings (SSSR count). The fourth-order valence-corrected chi connectivity index (χ4v) is 0. The molecule has 0 aromatic rings. The predicted octanol–water partition coefficient (Wildman–Crippen LogP) is 1.33. The van der Waals surface area contributed by atoms with Gasteiger partial charge in [0, 0.05) is 0 Å². The van der Waals surface area contributed by atoms with Crippen LogP contribution in [0.15, 0.2) is 12.2 Å². The minimum absolute atomic E-state index is 0.593. The normalized spacial score (nSPS) is 15.8. The molecule has 0 spiro atoms. The van der Waals surface area contributed by atoms with Crippen molar-refractivity contribution < 1.29 is 10.2 Å². The second-order valence-electron chi connectivity index (χ2n) is 2.15. The van der Waals surface area contributed by atoms with E-state index in [0.29, 0.717) is 0 Å². The zero-order valence-electron chi connectivity index (χ0n) is 7.20. The van der Waals surface area contributed by atoms with Crippen molar-refractivity contribution >= 4 is 0 Å². The van der Waals surface area contributed by atoms with Gasteiger partial charge in [0.05, 0.1) is 12.2 Å². The lowest BCUT2D eigenvalue weighted by Crippen LogP contribution is -2.17. The quantitative estimate of drug-likeness (QED) is 0.548. The molecular weight excluding hydrogens is 128 g/mol. The molecule has 0 heterocycles. The summed E-state index contributed by atoms with van der Waals surface area (Å²) in [7, 11) is 0. The summed E-state index contributed by atoms with van der Waals surface area (Å²) in [4.78, 5) is 0.